The average Bonchev–Trinajstić information content (AvgIpc) is 2.75. The molecular formula is C13H19N3O3. The number of hydrogen-bond acceptors (Lipinski definition) is 6. The SMILES string of the molecule is CCOC(=O)c1cnc(OC2CCC(N)C2)nc1C. The Kier molecular flexibility index (Phi) is 4.31. The van der Waals surface area contributed by atoms with Crippen LogP contribution in [0.4, 0.5) is 0 Å². The standard InChI is InChI=1S/C13H19N3O3/c1-3-18-12(17)11-7-15-13(16-8(11)2)19-10-5-4-9(14)6-10/h7,9-10H,3-6,14H2,1-2H3. The first kappa shape index (κ1) is 13.7. The number of carbonyl (C=O) groups excluding carboxylic acids is 1. The van der Waals surface area contributed by atoms with Gasteiger partial charge in [0.25, 0.3) is 0 Å². The molecule has 1 aromatic heterocycles. The van der Waals surface area contributed by atoms with Crippen LogP contribution >= 0.6 is 0 Å². The maximum Gasteiger partial charge on any atom is 0.341 e. The molecule has 2 atom stereocenters. The van der Waals surface area contributed by atoms with Crippen molar-refractivity contribution in [3.8, 4) is 6.01 Å². The van der Waals surface area contributed by atoms with Gasteiger partial charge in [-0.3, -0.25) is 0 Å². The molecular weight excluding hydrogens is 246 g/mol. The van der Waals surface area contributed by atoms with Crippen LogP contribution in [0.3, 0.4) is 0 Å². The molecule has 2 rings (SSSR count). The van der Waals surface area contributed by atoms with Gasteiger partial charge in [-0.15, -0.1) is 0 Å². The Morgan fingerprint density at radius 2 is 2.32 bits per heavy atom. The fourth-order valence-electron chi connectivity index (χ4n) is 2.14. The number of rotatable bonds is 4. The number of hydrogen-bond donors (Lipinski definition) is 1. The topological polar surface area (TPSA) is 87.3 Å². The van der Waals surface area contributed by atoms with Gasteiger partial charge in [-0.05, 0) is 33.1 Å². The van der Waals surface area contributed by atoms with Crippen molar-refractivity contribution in [1.82, 2.24) is 9.97 Å². The molecule has 6 heteroatoms. The summed E-state index contributed by atoms with van der Waals surface area (Å²) in [6, 6.07) is 0.495. The summed E-state index contributed by atoms with van der Waals surface area (Å²) in [4.78, 5) is 19.9. The fourth-order valence-corrected chi connectivity index (χ4v) is 2.14. The van der Waals surface area contributed by atoms with Crippen LogP contribution in [-0.2, 0) is 4.74 Å². The molecule has 1 aliphatic rings. The highest BCUT2D eigenvalue weighted by Gasteiger charge is 2.24. The number of aromatic nitrogens is 2. The number of ether oxygens (including phenoxy) is 2. The van der Waals surface area contributed by atoms with E-state index in [-0.39, 0.29) is 12.1 Å². The predicted octanol–water partition coefficient (Wildman–Crippen LogP) is 1.22. The molecule has 0 amide bonds. The summed E-state index contributed by atoms with van der Waals surface area (Å²) in [5.41, 5.74) is 6.76. The number of carbonyl (C=O) groups is 1. The fraction of sp³-hybridized carbons (Fsp3) is 0.615. The maximum absolute atomic E-state index is 11.6. The van der Waals surface area contributed by atoms with E-state index in [9.17, 15) is 4.79 Å². The van der Waals surface area contributed by atoms with Gasteiger partial charge in [-0.25, -0.2) is 9.78 Å². The Balaban J connectivity index is 2.04. The Hall–Kier alpha value is -1.69. The van der Waals surface area contributed by atoms with E-state index in [0.29, 0.717) is 23.9 Å². The summed E-state index contributed by atoms with van der Waals surface area (Å²) in [6.07, 6.45) is 4.23. The van der Waals surface area contributed by atoms with E-state index >= 15 is 0 Å². The van der Waals surface area contributed by atoms with Crippen molar-refractivity contribution < 1.29 is 14.3 Å². The first-order chi connectivity index (χ1) is 9.10. The van der Waals surface area contributed by atoms with Crippen LogP contribution in [-0.4, -0.2) is 34.7 Å². The molecule has 1 saturated carbocycles. The van der Waals surface area contributed by atoms with Gasteiger partial charge < -0.3 is 15.2 Å². The second-order valence-corrected chi connectivity index (χ2v) is 4.69. The molecule has 0 aliphatic heterocycles. The van der Waals surface area contributed by atoms with Crippen molar-refractivity contribution in [3.05, 3.63) is 17.5 Å². The molecule has 0 saturated heterocycles. The van der Waals surface area contributed by atoms with Crippen molar-refractivity contribution in [1.29, 1.82) is 0 Å². The minimum atomic E-state index is -0.408. The third-order valence-corrected chi connectivity index (χ3v) is 3.15. The van der Waals surface area contributed by atoms with Gasteiger partial charge in [0.1, 0.15) is 6.10 Å². The zero-order chi connectivity index (χ0) is 13.8. The summed E-state index contributed by atoms with van der Waals surface area (Å²) in [6.45, 7) is 3.83. The molecule has 1 heterocycles. The van der Waals surface area contributed by atoms with E-state index in [1.54, 1.807) is 13.8 Å². The first-order valence-corrected chi connectivity index (χ1v) is 6.53. The van der Waals surface area contributed by atoms with E-state index < -0.39 is 5.97 Å². The van der Waals surface area contributed by atoms with Crippen molar-refractivity contribution in [2.75, 3.05) is 6.61 Å². The summed E-state index contributed by atoms with van der Waals surface area (Å²) in [7, 11) is 0. The van der Waals surface area contributed by atoms with Crippen LogP contribution in [0, 0.1) is 6.92 Å². The van der Waals surface area contributed by atoms with Gasteiger partial charge in [-0.1, -0.05) is 0 Å². The lowest BCUT2D eigenvalue weighted by molar-refractivity contribution is 0.0524. The number of nitrogens with two attached hydrogens (primary N) is 1. The zero-order valence-electron chi connectivity index (χ0n) is 11.3. The largest absolute Gasteiger partial charge is 0.462 e. The van der Waals surface area contributed by atoms with Crippen molar-refractivity contribution >= 4 is 5.97 Å². The van der Waals surface area contributed by atoms with Crippen LogP contribution in [0.1, 0.15) is 42.2 Å². The molecule has 1 aliphatic carbocycles. The summed E-state index contributed by atoms with van der Waals surface area (Å²) < 4.78 is 10.6. The second-order valence-electron chi connectivity index (χ2n) is 4.69. The molecule has 0 aromatic carbocycles. The lowest BCUT2D eigenvalue weighted by Crippen LogP contribution is -2.20. The Morgan fingerprint density at radius 1 is 1.53 bits per heavy atom. The molecule has 1 fully saturated rings. The Bertz CT molecular complexity index is 464. The maximum atomic E-state index is 11.6. The van der Waals surface area contributed by atoms with Gasteiger partial charge in [0.05, 0.1) is 17.9 Å². The zero-order valence-corrected chi connectivity index (χ0v) is 11.3. The summed E-state index contributed by atoms with van der Waals surface area (Å²) in [5.74, 6) is -0.408. The normalized spacial score (nSPS) is 22.3. The van der Waals surface area contributed by atoms with Gasteiger partial charge in [-0.2, -0.15) is 4.98 Å². The molecule has 1 aromatic rings. The molecule has 0 spiro atoms. The van der Waals surface area contributed by atoms with Crippen LogP contribution < -0.4 is 10.5 Å². The first-order valence-electron chi connectivity index (χ1n) is 6.53. The van der Waals surface area contributed by atoms with Crippen molar-refractivity contribution in [2.24, 2.45) is 5.73 Å². The number of nitrogens with zero attached hydrogens (tertiary/aromatic N) is 2. The van der Waals surface area contributed by atoms with Gasteiger partial charge in [0, 0.05) is 12.2 Å². The minimum Gasteiger partial charge on any atom is -0.462 e. The second kappa shape index (κ2) is 5.97. The highest BCUT2D eigenvalue weighted by Crippen LogP contribution is 2.22. The van der Waals surface area contributed by atoms with Gasteiger partial charge >= 0.3 is 12.0 Å². The average molecular weight is 265 g/mol. The lowest BCUT2D eigenvalue weighted by Gasteiger charge is -2.12. The molecule has 6 nitrogen and oxygen atoms in total. The predicted molar refractivity (Wildman–Crippen MR) is 69.0 cm³/mol. The van der Waals surface area contributed by atoms with E-state index in [1.807, 2.05) is 0 Å². The van der Waals surface area contributed by atoms with Crippen molar-refractivity contribution in [2.45, 2.75) is 45.3 Å². The Morgan fingerprint density at radius 3 is 2.89 bits per heavy atom. The molecule has 0 bridgehead atoms. The highest BCUT2D eigenvalue weighted by molar-refractivity contribution is 5.90. The van der Waals surface area contributed by atoms with E-state index in [2.05, 4.69) is 9.97 Å². The number of esters is 1. The van der Waals surface area contributed by atoms with E-state index in [4.69, 9.17) is 15.2 Å². The van der Waals surface area contributed by atoms with Gasteiger partial charge in [0.15, 0.2) is 0 Å². The van der Waals surface area contributed by atoms with E-state index in [1.165, 1.54) is 6.20 Å². The van der Waals surface area contributed by atoms with Crippen molar-refractivity contribution in [3.63, 3.8) is 0 Å². The number of aryl methyl sites for hydroxylation is 1. The minimum absolute atomic E-state index is 0.0721. The smallest absolute Gasteiger partial charge is 0.341 e. The molecule has 2 N–H and O–H groups in total. The third kappa shape index (κ3) is 3.41. The summed E-state index contributed by atoms with van der Waals surface area (Å²) in [5, 5.41) is 0. The quantitative estimate of drug-likeness (QED) is 0.824. The molecule has 2 unspecified atom stereocenters. The van der Waals surface area contributed by atoms with Crippen LogP contribution in [0.2, 0.25) is 0 Å². The monoisotopic (exact) mass is 265 g/mol. The molecule has 0 radical (unpaired) electrons. The van der Waals surface area contributed by atoms with Gasteiger partial charge in [0.2, 0.25) is 0 Å². The highest BCUT2D eigenvalue weighted by atomic mass is 16.5. The summed E-state index contributed by atoms with van der Waals surface area (Å²) >= 11 is 0. The van der Waals surface area contributed by atoms with Crippen LogP contribution in [0.25, 0.3) is 0 Å². The third-order valence-electron chi connectivity index (χ3n) is 3.15. The van der Waals surface area contributed by atoms with E-state index in [0.717, 1.165) is 19.3 Å². The van der Waals surface area contributed by atoms with Crippen LogP contribution in [0.5, 0.6) is 6.01 Å². The molecule has 104 valence electrons. The van der Waals surface area contributed by atoms with Crippen LogP contribution in [0.15, 0.2) is 6.20 Å². The lowest BCUT2D eigenvalue weighted by atomic mass is 10.2. The Labute approximate surface area is 112 Å². The molecule has 19 heavy (non-hydrogen) atoms.